The normalized spacial score (nSPS) is 11.4. The van der Waals surface area contributed by atoms with Crippen molar-refractivity contribution in [3.8, 4) is 0 Å². The van der Waals surface area contributed by atoms with Crippen LogP contribution >= 0.6 is 11.8 Å². The number of rotatable bonds is 6. The highest BCUT2D eigenvalue weighted by molar-refractivity contribution is 8.02. The molecule has 0 bridgehead atoms. The van der Waals surface area contributed by atoms with Gasteiger partial charge in [0, 0.05) is 12.6 Å². The number of carbonyl (C=O) groups excluding carboxylic acids is 1. The highest BCUT2D eigenvalue weighted by Crippen LogP contribution is 2.25. The summed E-state index contributed by atoms with van der Waals surface area (Å²) in [4.78, 5) is 12.5. The molecule has 1 aromatic carbocycles. The summed E-state index contributed by atoms with van der Waals surface area (Å²) < 4.78 is 0. The van der Waals surface area contributed by atoms with Crippen molar-refractivity contribution in [2.45, 2.75) is 33.1 Å². The molecule has 1 N–H and O–H groups in total. The van der Waals surface area contributed by atoms with E-state index >= 15 is 0 Å². The Morgan fingerprint density at radius 3 is 2.72 bits per heavy atom. The second kappa shape index (κ2) is 7.98. The van der Waals surface area contributed by atoms with E-state index in [9.17, 15) is 4.79 Å². The second-order valence-electron chi connectivity index (χ2n) is 4.19. The highest BCUT2D eigenvalue weighted by Gasteiger charge is 2.02. The van der Waals surface area contributed by atoms with Crippen LogP contribution in [0.25, 0.3) is 6.08 Å². The van der Waals surface area contributed by atoms with Gasteiger partial charge in [0.1, 0.15) is 0 Å². The Morgan fingerprint density at radius 1 is 1.39 bits per heavy atom. The third-order valence-corrected chi connectivity index (χ3v) is 3.47. The van der Waals surface area contributed by atoms with Gasteiger partial charge in [-0.2, -0.15) is 0 Å². The van der Waals surface area contributed by atoms with E-state index in [4.69, 9.17) is 0 Å². The molecule has 2 nitrogen and oxygen atoms in total. The number of anilines is 1. The van der Waals surface area contributed by atoms with Gasteiger partial charge in [0.05, 0.1) is 0 Å². The predicted molar refractivity (Wildman–Crippen MR) is 81.8 cm³/mol. The van der Waals surface area contributed by atoms with Gasteiger partial charge in [-0.15, -0.1) is 11.8 Å². The minimum Gasteiger partial charge on any atom is -0.326 e. The molecule has 98 valence electrons. The van der Waals surface area contributed by atoms with Crippen LogP contribution in [0.15, 0.2) is 29.2 Å². The standard InChI is InChI=1S/C15H21NOS/c1-4-5-9-14(18-3)11-13-8-6-7-10-15(13)16-12(2)17/h6-8,10-11H,4-5,9H2,1-3H3,(H,16,17)/b14-11-. The minimum absolute atomic E-state index is 0.0323. The first-order chi connectivity index (χ1) is 8.67. The molecular formula is C15H21NOS. The molecular weight excluding hydrogens is 242 g/mol. The van der Waals surface area contributed by atoms with Gasteiger partial charge in [-0.25, -0.2) is 0 Å². The van der Waals surface area contributed by atoms with Gasteiger partial charge < -0.3 is 5.32 Å². The van der Waals surface area contributed by atoms with Crippen molar-refractivity contribution in [2.24, 2.45) is 0 Å². The van der Waals surface area contributed by atoms with Gasteiger partial charge in [0.25, 0.3) is 0 Å². The van der Waals surface area contributed by atoms with Crippen LogP contribution in [0.2, 0.25) is 0 Å². The van der Waals surface area contributed by atoms with Crippen LogP contribution in [0, 0.1) is 0 Å². The van der Waals surface area contributed by atoms with Crippen LogP contribution in [0.3, 0.4) is 0 Å². The van der Waals surface area contributed by atoms with Crippen LogP contribution in [0.5, 0.6) is 0 Å². The summed E-state index contributed by atoms with van der Waals surface area (Å²) in [5.41, 5.74) is 1.96. The van der Waals surface area contributed by atoms with E-state index in [0.29, 0.717) is 0 Å². The molecule has 0 fully saturated rings. The number of carbonyl (C=O) groups is 1. The number of allylic oxidation sites excluding steroid dienone is 1. The third kappa shape index (κ3) is 4.96. The van der Waals surface area contributed by atoms with Crippen molar-refractivity contribution >= 4 is 29.4 Å². The SMILES string of the molecule is CCCC/C(=C/c1ccccc1NC(C)=O)SC. The Bertz CT molecular complexity index is 426. The summed E-state index contributed by atoms with van der Waals surface area (Å²) in [5, 5.41) is 2.87. The number of amides is 1. The monoisotopic (exact) mass is 263 g/mol. The average molecular weight is 263 g/mol. The smallest absolute Gasteiger partial charge is 0.221 e. The summed E-state index contributed by atoms with van der Waals surface area (Å²) in [6, 6.07) is 7.90. The van der Waals surface area contributed by atoms with Gasteiger partial charge in [0.2, 0.25) is 5.91 Å². The zero-order valence-corrected chi connectivity index (χ0v) is 12.1. The van der Waals surface area contributed by atoms with Crippen molar-refractivity contribution in [1.29, 1.82) is 0 Å². The maximum absolute atomic E-state index is 11.2. The lowest BCUT2D eigenvalue weighted by Gasteiger charge is -2.08. The van der Waals surface area contributed by atoms with Crippen molar-refractivity contribution < 1.29 is 4.79 Å². The van der Waals surface area contributed by atoms with Crippen molar-refractivity contribution in [1.82, 2.24) is 0 Å². The number of hydrogen-bond acceptors (Lipinski definition) is 2. The lowest BCUT2D eigenvalue weighted by atomic mass is 10.1. The predicted octanol–water partition coefficient (Wildman–Crippen LogP) is 4.54. The van der Waals surface area contributed by atoms with Crippen LogP contribution in [-0.2, 0) is 4.79 Å². The molecule has 0 atom stereocenters. The number of unbranched alkanes of at least 4 members (excludes halogenated alkanes) is 1. The number of nitrogens with one attached hydrogen (secondary N) is 1. The summed E-state index contributed by atoms with van der Waals surface area (Å²) in [5.74, 6) is -0.0323. The van der Waals surface area contributed by atoms with Crippen molar-refractivity contribution in [3.05, 3.63) is 34.7 Å². The van der Waals surface area contributed by atoms with E-state index in [1.165, 1.54) is 24.7 Å². The Labute approximate surface area is 114 Å². The van der Waals surface area contributed by atoms with Crippen molar-refractivity contribution in [2.75, 3.05) is 11.6 Å². The molecule has 3 heteroatoms. The Hall–Kier alpha value is -1.22. The Morgan fingerprint density at radius 2 is 2.11 bits per heavy atom. The Balaban J connectivity index is 2.92. The number of thioether (sulfide) groups is 1. The molecule has 1 amide bonds. The topological polar surface area (TPSA) is 29.1 Å². The largest absolute Gasteiger partial charge is 0.326 e. The molecule has 0 aliphatic heterocycles. The first kappa shape index (κ1) is 14.8. The number of para-hydroxylation sites is 1. The molecule has 18 heavy (non-hydrogen) atoms. The van der Waals surface area contributed by atoms with Crippen LogP contribution in [0.4, 0.5) is 5.69 Å². The van der Waals surface area contributed by atoms with E-state index in [1.807, 2.05) is 24.3 Å². The minimum atomic E-state index is -0.0323. The molecule has 1 aromatic rings. The van der Waals surface area contributed by atoms with Gasteiger partial charge in [-0.05, 0) is 41.7 Å². The lowest BCUT2D eigenvalue weighted by molar-refractivity contribution is -0.114. The third-order valence-electron chi connectivity index (χ3n) is 2.63. The van der Waals surface area contributed by atoms with E-state index < -0.39 is 0 Å². The van der Waals surface area contributed by atoms with E-state index in [0.717, 1.165) is 17.7 Å². The number of hydrogen-bond donors (Lipinski definition) is 1. The average Bonchev–Trinajstić information content (AvgIpc) is 2.35. The Kier molecular flexibility index (Phi) is 6.58. The quantitative estimate of drug-likeness (QED) is 0.816. The number of benzene rings is 1. The van der Waals surface area contributed by atoms with Crippen LogP contribution in [-0.4, -0.2) is 12.2 Å². The molecule has 0 unspecified atom stereocenters. The zero-order chi connectivity index (χ0) is 13.4. The zero-order valence-electron chi connectivity index (χ0n) is 11.3. The molecule has 0 heterocycles. The van der Waals surface area contributed by atoms with E-state index in [1.54, 1.807) is 11.8 Å². The van der Waals surface area contributed by atoms with Gasteiger partial charge in [0.15, 0.2) is 0 Å². The van der Waals surface area contributed by atoms with Crippen LogP contribution in [0.1, 0.15) is 38.7 Å². The molecule has 0 aliphatic rings. The molecule has 0 aromatic heterocycles. The highest BCUT2D eigenvalue weighted by atomic mass is 32.2. The first-order valence-electron chi connectivity index (χ1n) is 6.28. The fraction of sp³-hybridized carbons (Fsp3) is 0.400. The summed E-state index contributed by atoms with van der Waals surface area (Å²) in [6.07, 6.45) is 7.78. The lowest BCUT2D eigenvalue weighted by Crippen LogP contribution is -2.06. The molecule has 0 radical (unpaired) electrons. The van der Waals surface area contributed by atoms with Crippen molar-refractivity contribution in [3.63, 3.8) is 0 Å². The summed E-state index contributed by atoms with van der Waals surface area (Å²) in [7, 11) is 0. The van der Waals surface area contributed by atoms with Gasteiger partial charge >= 0.3 is 0 Å². The summed E-state index contributed by atoms with van der Waals surface area (Å²) in [6.45, 7) is 3.73. The van der Waals surface area contributed by atoms with Crippen LogP contribution < -0.4 is 5.32 Å². The summed E-state index contributed by atoms with van der Waals surface area (Å²) >= 11 is 1.78. The maximum atomic E-state index is 11.2. The molecule has 0 spiro atoms. The molecule has 0 aliphatic carbocycles. The molecule has 1 rings (SSSR count). The fourth-order valence-corrected chi connectivity index (χ4v) is 2.28. The van der Waals surface area contributed by atoms with Gasteiger partial charge in [-0.3, -0.25) is 4.79 Å². The maximum Gasteiger partial charge on any atom is 0.221 e. The first-order valence-corrected chi connectivity index (χ1v) is 7.51. The van der Waals surface area contributed by atoms with E-state index in [-0.39, 0.29) is 5.91 Å². The fourth-order valence-electron chi connectivity index (χ4n) is 1.68. The molecule has 0 saturated heterocycles. The second-order valence-corrected chi connectivity index (χ2v) is 5.12. The van der Waals surface area contributed by atoms with E-state index in [2.05, 4.69) is 24.6 Å². The van der Waals surface area contributed by atoms with Gasteiger partial charge in [-0.1, -0.05) is 31.5 Å². The molecule has 0 saturated carbocycles.